The van der Waals surface area contributed by atoms with Crippen molar-refractivity contribution in [1.82, 2.24) is 0 Å². The van der Waals surface area contributed by atoms with Gasteiger partial charge in [0.05, 0.1) is 0 Å². The second kappa shape index (κ2) is 11.4. The highest BCUT2D eigenvalue weighted by Gasteiger charge is 2.15. The molecule has 1 nitrogen and oxygen atoms in total. The van der Waals surface area contributed by atoms with E-state index in [4.69, 9.17) is 5.73 Å². The van der Waals surface area contributed by atoms with Crippen LogP contribution in [0.25, 0.3) is 0 Å². The van der Waals surface area contributed by atoms with E-state index in [0.717, 1.165) is 25.2 Å². The second-order valence-electron chi connectivity index (χ2n) is 5.08. The molecule has 1 unspecified atom stereocenters. The average molecular weight is 229 g/mol. The van der Waals surface area contributed by atoms with Gasteiger partial charge in [0.25, 0.3) is 0 Å². The van der Waals surface area contributed by atoms with Gasteiger partial charge in [-0.1, -0.05) is 67.2 Å². The summed E-state index contributed by atoms with van der Waals surface area (Å²) in [5.74, 6) is 0.954. The van der Waals surface area contributed by atoms with Crippen LogP contribution in [0.4, 0.5) is 0 Å². The van der Waals surface area contributed by atoms with Crippen LogP contribution in [0.15, 0.2) is 0 Å². The average Bonchev–Trinajstić information content (AvgIpc) is 2.35. The summed E-state index contributed by atoms with van der Waals surface area (Å²) in [7, 11) is 0. The van der Waals surface area contributed by atoms with Crippen LogP contribution in [0, 0.1) is 5.92 Å². The molecule has 1 heteroatoms. The van der Waals surface area contributed by atoms with Crippen LogP contribution in [0.3, 0.4) is 0 Å². The Labute approximate surface area is 104 Å². The molecule has 100 valence electrons. The molecule has 0 heterocycles. The molecule has 16 heavy (non-hydrogen) atoms. The molecule has 0 aromatic carbocycles. The van der Waals surface area contributed by atoms with Crippen molar-refractivity contribution in [1.29, 1.82) is 0 Å². The van der Waals surface area contributed by atoms with Gasteiger partial charge in [0.1, 0.15) is 0 Å². The smallest absolute Gasteiger partial charge is 0.0146 e. The van der Waals surface area contributed by atoms with Gasteiger partial charge in [0.2, 0.25) is 0 Å². The molecule has 0 fully saturated rings. The van der Waals surface area contributed by atoms with Crippen molar-refractivity contribution in [3.05, 3.63) is 0 Å². The van der Waals surface area contributed by atoms with E-state index in [1.165, 1.54) is 25.7 Å². The van der Waals surface area contributed by atoms with Crippen LogP contribution in [0.5, 0.6) is 0 Å². The topological polar surface area (TPSA) is 26.0 Å². The minimum absolute atomic E-state index is 0.125. The van der Waals surface area contributed by atoms with Gasteiger partial charge in [0.15, 0.2) is 0 Å². The second-order valence-corrected chi connectivity index (χ2v) is 5.08. The first-order valence-electron chi connectivity index (χ1n) is 7.28. The number of unbranched alkanes of at least 4 members (excludes halogenated alkanes) is 1. The van der Waals surface area contributed by atoms with Gasteiger partial charge >= 0.3 is 0 Å². The lowest BCUT2D eigenvalue weighted by Crippen LogP contribution is -2.37. The maximum absolute atomic E-state index is 5.90. The minimum Gasteiger partial charge on any atom is -0.325 e. The Morgan fingerprint density at radius 2 is 1.38 bits per heavy atom. The highest BCUT2D eigenvalue weighted by Crippen LogP contribution is 2.14. The minimum atomic E-state index is 0.125. The van der Waals surface area contributed by atoms with Gasteiger partial charge in [0, 0.05) is 5.54 Å². The molecule has 0 bridgehead atoms. The van der Waals surface area contributed by atoms with Crippen molar-refractivity contribution in [3.63, 3.8) is 0 Å². The Balaban J connectivity index is 0. The molecule has 1 atom stereocenters. The monoisotopic (exact) mass is 229 g/mol. The van der Waals surface area contributed by atoms with E-state index in [0.29, 0.717) is 0 Å². The van der Waals surface area contributed by atoms with Crippen LogP contribution in [0.1, 0.15) is 86.5 Å². The molecule has 0 aliphatic heterocycles. The summed E-state index contributed by atoms with van der Waals surface area (Å²) in [4.78, 5) is 0. The Bertz CT molecular complexity index is 119. The summed E-state index contributed by atoms with van der Waals surface area (Å²) in [5, 5.41) is 0. The van der Waals surface area contributed by atoms with Crippen LogP contribution in [0.2, 0.25) is 0 Å². The zero-order valence-corrected chi connectivity index (χ0v) is 12.6. The molecular weight excluding hydrogens is 194 g/mol. The van der Waals surface area contributed by atoms with Gasteiger partial charge in [-0.15, -0.1) is 0 Å². The fourth-order valence-corrected chi connectivity index (χ4v) is 1.51. The van der Waals surface area contributed by atoms with Crippen molar-refractivity contribution in [2.24, 2.45) is 11.7 Å². The third-order valence-electron chi connectivity index (χ3n) is 3.86. The van der Waals surface area contributed by atoms with Gasteiger partial charge < -0.3 is 5.73 Å². The van der Waals surface area contributed by atoms with Gasteiger partial charge in [-0.25, -0.2) is 0 Å². The van der Waals surface area contributed by atoms with Crippen LogP contribution >= 0.6 is 0 Å². The molecular formula is C15H35N. The third-order valence-corrected chi connectivity index (χ3v) is 3.86. The normalized spacial score (nSPS) is 12.9. The molecule has 0 aromatic heterocycles. The first kappa shape index (κ1) is 18.3. The summed E-state index contributed by atoms with van der Waals surface area (Å²) in [6.45, 7) is 13.3. The maximum Gasteiger partial charge on any atom is 0.0146 e. The highest BCUT2D eigenvalue weighted by atomic mass is 14.7. The number of hydrogen-bond acceptors (Lipinski definition) is 1. The Morgan fingerprint density at radius 3 is 1.56 bits per heavy atom. The Hall–Kier alpha value is -0.0400. The molecule has 0 radical (unpaired) electrons. The number of hydrogen-bond donors (Lipinski definition) is 1. The number of rotatable bonds is 7. The largest absolute Gasteiger partial charge is 0.325 e. The van der Waals surface area contributed by atoms with Crippen molar-refractivity contribution in [2.45, 2.75) is 92.0 Å². The van der Waals surface area contributed by atoms with E-state index in [1.807, 2.05) is 0 Å². The highest BCUT2D eigenvalue weighted by molar-refractivity contribution is 4.77. The lowest BCUT2D eigenvalue weighted by Gasteiger charge is -2.23. The first-order chi connectivity index (χ1) is 7.49. The van der Waals surface area contributed by atoms with Crippen molar-refractivity contribution in [3.8, 4) is 0 Å². The molecule has 2 N–H and O–H groups in total. The molecule has 0 aromatic rings. The molecule has 0 saturated carbocycles. The van der Waals surface area contributed by atoms with E-state index in [1.54, 1.807) is 0 Å². The van der Waals surface area contributed by atoms with Crippen molar-refractivity contribution in [2.75, 3.05) is 0 Å². The summed E-state index contributed by atoms with van der Waals surface area (Å²) >= 11 is 0. The fourth-order valence-electron chi connectivity index (χ4n) is 1.51. The fraction of sp³-hybridized carbons (Fsp3) is 1.00. The SMILES string of the molecule is CCC(N)(CC)CC.CCCCC(C)CC. The zero-order chi connectivity index (χ0) is 13.0. The van der Waals surface area contributed by atoms with Crippen molar-refractivity contribution >= 4 is 0 Å². The predicted molar refractivity (Wildman–Crippen MR) is 76.8 cm³/mol. The van der Waals surface area contributed by atoms with Gasteiger partial charge in [-0.2, -0.15) is 0 Å². The first-order valence-corrected chi connectivity index (χ1v) is 7.28. The molecule has 0 aliphatic carbocycles. The summed E-state index contributed by atoms with van der Waals surface area (Å²) in [6, 6.07) is 0. The summed E-state index contributed by atoms with van der Waals surface area (Å²) < 4.78 is 0. The molecule has 0 saturated heterocycles. The number of nitrogens with two attached hydrogens (primary N) is 1. The summed E-state index contributed by atoms with van der Waals surface area (Å²) in [6.07, 6.45) is 8.83. The quantitative estimate of drug-likeness (QED) is 0.643. The van der Waals surface area contributed by atoms with E-state index >= 15 is 0 Å². The Kier molecular flexibility index (Phi) is 13.1. The van der Waals surface area contributed by atoms with Gasteiger partial charge in [-0.05, 0) is 25.2 Å². The van der Waals surface area contributed by atoms with E-state index in [9.17, 15) is 0 Å². The Morgan fingerprint density at radius 1 is 0.938 bits per heavy atom. The van der Waals surface area contributed by atoms with E-state index in [-0.39, 0.29) is 5.54 Å². The van der Waals surface area contributed by atoms with E-state index < -0.39 is 0 Å². The zero-order valence-electron chi connectivity index (χ0n) is 12.6. The lowest BCUT2D eigenvalue weighted by atomic mass is 9.92. The predicted octanol–water partition coefficient (Wildman–Crippen LogP) is 5.14. The van der Waals surface area contributed by atoms with Crippen LogP contribution < -0.4 is 5.73 Å². The maximum atomic E-state index is 5.90. The van der Waals surface area contributed by atoms with Crippen molar-refractivity contribution < 1.29 is 0 Å². The molecule has 0 rings (SSSR count). The summed E-state index contributed by atoms with van der Waals surface area (Å²) in [5.41, 5.74) is 6.02. The van der Waals surface area contributed by atoms with Gasteiger partial charge in [-0.3, -0.25) is 0 Å². The molecule has 0 aliphatic rings. The molecule has 0 amide bonds. The van der Waals surface area contributed by atoms with E-state index in [2.05, 4.69) is 41.5 Å². The third kappa shape index (κ3) is 10.5. The van der Waals surface area contributed by atoms with Crippen LogP contribution in [-0.2, 0) is 0 Å². The standard InChI is InChI=1S/C8H18.C7H17N/c1-4-6-7-8(3)5-2;1-4-7(8,5-2)6-3/h8H,4-7H2,1-3H3;4-6,8H2,1-3H3. The lowest BCUT2D eigenvalue weighted by molar-refractivity contribution is 0.383. The molecule has 0 spiro atoms. The van der Waals surface area contributed by atoms with Crippen LogP contribution in [-0.4, -0.2) is 5.54 Å².